The highest BCUT2D eigenvalue weighted by Crippen LogP contribution is 2.44. The van der Waals surface area contributed by atoms with Crippen LogP contribution in [-0.4, -0.2) is 33.6 Å². The number of nitrogens with zero attached hydrogens (tertiary/aromatic N) is 2. The van der Waals surface area contributed by atoms with Crippen LogP contribution in [0, 0.1) is 47.3 Å². The van der Waals surface area contributed by atoms with Crippen LogP contribution in [0.1, 0.15) is 95.2 Å². The van der Waals surface area contributed by atoms with E-state index in [4.69, 9.17) is 10.5 Å². The molecule has 4 rings (SSSR count). The Bertz CT molecular complexity index is 1210. The van der Waals surface area contributed by atoms with Crippen LogP contribution in [0.3, 0.4) is 0 Å². The van der Waals surface area contributed by atoms with Crippen molar-refractivity contribution in [1.29, 1.82) is 0 Å². The Morgan fingerprint density at radius 3 is 2.43 bits per heavy atom. The van der Waals surface area contributed by atoms with Crippen molar-refractivity contribution in [2.24, 2.45) is 47.3 Å². The Morgan fingerprint density at radius 2 is 1.74 bits per heavy atom. The van der Waals surface area contributed by atoms with E-state index < -0.39 is 5.97 Å². The molecule has 2 aliphatic rings. The highest BCUT2D eigenvalue weighted by atomic mass is 32.1. The predicted octanol–water partition coefficient (Wildman–Crippen LogP) is 6.38. The Kier molecular flexibility index (Phi) is 11.4. The summed E-state index contributed by atoms with van der Waals surface area (Å²) in [4.78, 5) is 38.6. The van der Waals surface area contributed by atoms with Gasteiger partial charge in [0.15, 0.2) is 5.69 Å². The van der Waals surface area contributed by atoms with Crippen LogP contribution in [0.25, 0.3) is 0 Å². The van der Waals surface area contributed by atoms with Gasteiger partial charge in [-0.3, -0.25) is 9.59 Å². The fourth-order valence-corrected chi connectivity index (χ4v) is 8.37. The maximum Gasteiger partial charge on any atom is 0.357 e. The third-order valence-corrected chi connectivity index (χ3v) is 11.0. The Labute approximate surface area is 258 Å². The van der Waals surface area contributed by atoms with Crippen molar-refractivity contribution in [3.05, 3.63) is 23.5 Å². The molecule has 0 saturated heterocycles. The van der Waals surface area contributed by atoms with Crippen LogP contribution in [0.4, 0.5) is 10.0 Å². The van der Waals surface area contributed by atoms with Gasteiger partial charge in [-0.05, 0) is 90.3 Å². The number of hydrogen-bond donors (Lipinski definition) is 3. The van der Waals surface area contributed by atoms with E-state index in [-0.39, 0.29) is 29.3 Å². The van der Waals surface area contributed by atoms with Crippen LogP contribution < -0.4 is 16.4 Å². The summed E-state index contributed by atoms with van der Waals surface area (Å²) in [7, 11) is 1.32. The number of nitrogens with one attached hydrogen (secondary N) is 2. The molecule has 2 saturated carbocycles. The Hall–Kier alpha value is -2.53. The first kappa shape index (κ1) is 32.4. The molecule has 7 atom stereocenters. The molecule has 9 nitrogen and oxygen atoms in total. The van der Waals surface area contributed by atoms with Gasteiger partial charge >= 0.3 is 5.97 Å². The summed E-state index contributed by atoms with van der Waals surface area (Å²) < 4.78 is 13.2. The molecule has 0 aromatic carbocycles. The minimum Gasteiger partial charge on any atom is -0.464 e. The first-order valence-corrected chi connectivity index (χ1v) is 16.9. The molecule has 232 valence electrons. The van der Waals surface area contributed by atoms with Crippen molar-refractivity contribution in [2.45, 2.75) is 85.6 Å². The second-order valence-corrected chi connectivity index (χ2v) is 14.6. The highest BCUT2D eigenvalue weighted by Gasteiger charge is 2.39. The van der Waals surface area contributed by atoms with Crippen molar-refractivity contribution >= 4 is 50.9 Å². The molecular formula is C31H47N5O4S2. The molecule has 2 aliphatic carbocycles. The van der Waals surface area contributed by atoms with E-state index in [1.807, 2.05) is 6.07 Å². The second kappa shape index (κ2) is 14.8. The maximum absolute atomic E-state index is 13.5. The third-order valence-electron chi connectivity index (χ3n) is 9.64. The number of aromatic nitrogens is 2. The van der Waals surface area contributed by atoms with Gasteiger partial charge in [0.25, 0.3) is 0 Å². The number of carbonyl (C=O) groups excluding carboxylic acids is 3. The van der Waals surface area contributed by atoms with Gasteiger partial charge in [0.05, 0.1) is 19.3 Å². The minimum atomic E-state index is -0.504. The minimum absolute atomic E-state index is 0.0178. The summed E-state index contributed by atoms with van der Waals surface area (Å²) in [5.41, 5.74) is 6.83. The molecule has 2 fully saturated rings. The highest BCUT2D eigenvalue weighted by molar-refractivity contribution is 7.10. The van der Waals surface area contributed by atoms with Crippen molar-refractivity contribution in [2.75, 3.05) is 18.2 Å². The molecule has 0 bridgehead atoms. The van der Waals surface area contributed by atoms with E-state index in [1.54, 1.807) is 6.07 Å². The molecule has 0 spiro atoms. The summed E-state index contributed by atoms with van der Waals surface area (Å²) >= 11 is 2.36. The van der Waals surface area contributed by atoms with Gasteiger partial charge in [-0.2, -0.15) is 8.75 Å². The number of amides is 2. The number of rotatable bonds is 11. The predicted molar refractivity (Wildman–Crippen MR) is 168 cm³/mol. The number of methoxy groups -OCH3 is 1. The van der Waals surface area contributed by atoms with E-state index in [2.05, 4.69) is 47.1 Å². The van der Waals surface area contributed by atoms with Crippen molar-refractivity contribution in [3.63, 3.8) is 0 Å². The first-order valence-electron chi connectivity index (χ1n) is 15.4. The smallest absolute Gasteiger partial charge is 0.357 e. The van der Waals surface area contributed by atoms with Gasteiger partial charge in [0.2, 0.25) is 11.8 Å². The fourth-order valence-electron chi connectivity index (χ4n) is 7.21. The normalized spacial score (nSPS) is 26.9. The third kappa shape index (κ3) is 8.30. The number of nitrogens with two attached hydrogens (primary N) is 1. The lowest BCUT2D eigenvalue weighted by atomic mass is 9.66. The lowest BCUT2D eigenvalue weighted by Crippen LogP contribution is -2.40. The number of esters is 1. The van der Waals surface area contributed by atoms with Gasteiger partial charge in [0.1, 0.15) is 10.0 Å². The van der Waals surface area contributed by atoms with Gasteiger partial charge in [0, 0.05) is 17.9 Å². The largest absolute Gasteiger partial charge is 0.464 e. The Balaban J connectivity index is 1.34. The summed E-state index contributed by atoms with van der Waals surface area (Å²) in [5.74, 6) is 2.17. The van der Waals surface area contributed by atoms with Gasteiger partial charge < -0.3 is 21.1 Å². The number of anilines is 2. The standard InChI is InChI=1S/C31H47N5O4S2/c1-17(2)22-11-9-20(13-25(22)30(38)34-28-15-26(36-42-28)31(39)40-5)8-7-19(4)23-10-6-18(3)12-24(23)29(37)33-16-21-14-27(32)41-35-21/h14-15,17-20,22-25H,6-13,16,32H2,1-5H3,(H,33,37)(H,34,38)/t18-,19?,20-,22+,23+,24-,25-/m1/s1. The van der Waals surface area contributed by atoms with Crippen LogP contribution in [0.5, 0.6) is 0 Å². The number of hydrogen-bond acceptors (Lipinski definition) is 9. The molecule has 2 aromatic heterocycles. The van der Waals surface area contributed by atoms with Gasteiger partial charge in [-0.15, -0.1) is 0 Å². The molecule has 4 N–H and O–H groups in total. The average molecular weight is 618 g/mol. The van der Waals surface area contributed by atoms with Gasteiger partial charge in [-0.25, -0.2) is 4.79 Å². The molecule has 1 unspecified atom stereocenters. The maximum atomic E-state index is 13.5. The summed E-state index contributed by atoms with van der Waals surface area (Å²) in [6, 6.07) is 3.41. The average Bonchev–Trinajstić information content (AvgIpc) is 3.62. The zero-order valence-corrected chi connectivity index (χ0v) is 27.2. The molecule has 11 heteroatoms. The van der Waals surface area contributed by atoms with Crippen molar-refractivity contribution < 1.29 is 19.1 Å². The lowest BCUT2D eigenvalue weighted by molar-refractivity contribution is -0.129. The van der Waals surface area contributed by atoms with Crippen LogP contribution >= 0.6 is 23.1 Å². The first-order chi connectivity index (χ1) is 20.0. The molecule has 0 aliphatic heterocycles. The summed E-state index contributed by atoms with van der Waals surface area (Å²) in [5, 5.41) is 7.41. The van der Waals surface area contributed by atoms with E-state index in [9.17, 15) is 14.4 Å². The molecule has 2 heterocycles. The number of ether oxygens (including phenoxy) is 1. The quantitative estimate of drug-likeness (QED) is 0.249. The lowest BCUT2D eigenvalue weighted by Gasteiger charge is -2.40. The molecule has 2 aromatic rings. The van der Waals surface area contributed by atoms with Gasteiger partial charge in [-0.1, -0.05) is 53.4 Å². The fraction of sp³-hybridized carbons (Fsp3) is 0.710. The van der Waals surface area contributed by atoms with E-state index in [0.29, 0.717) is 52.1 Å². The van der Waals surface area contributed by atoms with Crippen LogP contribution in [-0.2, 0) is 20.9 Å². The summed E-state index contributed by atoms with van der Waals surface area (Å²) in [6.07, 6.45) is 8.35. The monoisotopic (exact) mass is 617 g/mol. The SMILES string of the molecule is COC(=O)c1cc(NC(=O)[C@@H]2C[C@H](CCC(C)[C@@H]3CC[C@@H](C)C[C@H]3C(=O)NCc3cc(N)sn3)CC[C@H]2C(C)C)sn1. The molecule has 42 heavy (non-hydrogen) atoms. The van der Waals surface area contributed by atoms with Crippen molar-refractivity contribution in [1.82, 2.24) is 14.1 Å². The topological polar surface area (TPSA) is 136 Å². The van der Waals surface area contributed by atoms with E-state index in [1.165, 1.54) is 25.1 Å². The number of nitrogen functional groups attached to an aromatic ring is 1. The Morgan fingerprint density at radius 1 is 1.00 bits per heavy atom. The zero-order valence-electron chi connectivity index (χ0n) is 25.6. The van der Waals surface area contributed by atoms with E-state index in [0.717, 1.165) is 62.2 Å². The van der Waals surface area contributed by atoms with Crippen molar-refractivity contribution in [3.8, 4) is 0 Å². The zero-order chi connectivity index (χ0) is 30.4. The number of carbonyl (C=O) groups is 3. The molecular weight excluding hydrogens is 571 g/mol. The van der Waals surface area contributed by atoms with Crippen LogP contribution in [0.15, 0.2) is 12.1 Å². The second-order valence-electron chi connectivity index (χ2n) is 12.9. The van der Waals surface area contributed by atoms with E-state index >= 15 is 0 Å². The molecule has 2 amide bonds. The van der Waals surface area contributed by atoms with Crippen LogP contribution in [0.2, 0.25) is 0 Å². The summed E-state index contributed by atoms with van der Waals surface area (Å²) in [6.45, 7) is 9.40. The molecule has 0 radical (unpaired) electrons.